The van der Waals surface area contributed by atoms with E-state index in [1.807, 2.05) is 16.7 Å². The van der Waals surface area contributed by atoms with Crippen LogP contribution in [0.3, 0.4) is 0 Å². The van der Waals surface area contributed by atoms with Gasteiger partial charge in [-0.05, 0) is 48.9 Å². The third-order valence-corrected chi connectivity index (χ3v) is 7.82. The molecule has 0 saturated carbocycles. The first-order valence-corrected chi connectivity index (χ1v) is 13.8. The second-order valence-electron chi connectivity index (χ2n) is 10.4. The van der Waals surface area contributed by atoms with Gasteiger partial charge in [-0.1, -0.05) is 23.7 Å². The van der Waals surface area contributed by atoms with E-state index < -0.39 is 17.6 Å². The van der Waals surface area contributed by atoms with Gasteiger partial charge in [0.15, 0.2) is 11.5 Å². The van der Waals surface area contributed by atoms with Crippen LogP contribution in [-0.4, -0.2) is 43.3 Å². The Balaban J connectivity index is 1.17. The van der Waals surface area contributed by atoms with Crippen molar-refractivity contribution in [2.75, 3.05) is 6.61 Å². The number of aromatic carboxylic acids is 1. The van der Waals surface area contributed by atoms with Crippen LogP contribution in [0.25, 0.3) is 22.2 Å². The minimum Gasteiger partial charge on any atom is -0.478 e. The number of carboxylic acids is 1. The third-order valence-electron chi connectivity index (χ3n) is 7.59. The Bertz CT molecular complexity index is 1860. The van der Waals surface area contributed by atoms with Crippen molar-refractivity contribution in [3.05, 3.63) is 101 Å². The van der Waals surface area contributed by atoms with Crippen LogP contribution >= 0.6 is 11.6 Å². The number of aromatic nitrogens is 4. The monoisotopic (exact) mass is 586 g/mol. The van der Waals surface area contributed by atoms with Crippen molar-refractivity contribution in [3.8, 4) is 22.6 Å². The lowest BCUT2D eigenvalue weighted by Crippen LogP contribution is -2.32. The quantitative estimate of drug-likeness (QED) is 0.247. The first-order valence-electron chi connectivity index (χ1n) is 13.4. The lowest BCUT2D eigenvalue weighted by molar-refractivity contribution is -0.0705. The summed E-state index contributed by atoms with van der Waals surface area (Å²) in [6.45, 7) is 2.93. The van der Waals surface area contributed by atoms with Gasteiger partial charge in [0.25, 0.3) is 5.79 Å². The highest BCUT2D eigenvalue weighted by Crippen LogP contribution is 2.49. The molecule has 1 saturated heterocycles. The van der Waals surface area contributed by atoms with Crippen molar-refractivity contribution >= 4 is 28.6 Å². The fraction of sp³-hybridized carbons (Fsp3) is 0.226. The number of fused-ring (bicyclic) bond motifs is 2. The van der Waals surface area contributed by atoms with Crippen LogP contribution in [0.5, 0.6) is 11.5 Å². The van der Waals surface area contributed by atoms with Crippen LogP contribution in [0, 0.1) is 5.82 Å². The number of hydrogen-bond donors (Lipinski definition) is 1. The van der Waals surface area contributed by atoms with Crippen LogP contribution in [0.4, 0.5) is 4.39 Å². The molecule has 212 valence electrons. The molecule has 2 atom stereocenters. The van der Waals surface area contributed by atoms with Crippen molar-refractivity contribution in [2.45, 2.75) is 38.2 Å². The summed E-state index contributed by atoms with van der Waals surface area (Å²) >= 11 is 5.94. The molecule has 1 N–H and O–H groups in total. The highest BCUT2D eigenvalue weighted by molar-refractivity contribution is 6.30. The third kappa shape index (κ3) is 4.62. The van der Waals surface area contributed by atoms with Gasteiger partial charge in [0, 0.05) is 42.1 Å². The molecule has 0 bridgehead atoms. The molecule has 3 aromatic carbocycles. The fourth-order valence-electron chi connectivity index (χ4n) is 5.32. The molecule has 9 nitrogen and oxygen atoms in total. The highest BCUT2D eigenvalue weighted by Gasteiger charge is 2.42. The molecule has 11 heteroatoms. The number of imidazole rings is 1. The molecule has 7 rings (SSSR count). The Morgan fingerprint density at radius 1 is 1.14 bits per heavy atom. The lowest BCUT2D eigenvalue weighted by Gasteiger charge is -2.27. The first-order chi connectivity index (χ1) is 20.3. The second-order valence-corrected chi connectivity index (χ2v) is 10.8. The van der Waals surface area contributed by atoms with E-state index in [1.54, 1.807) is 55.7 Å². The zero-order valence-electron chi connectivity index (χ0n) is 22.4. The molecular formula is C31H24ClFN4O5. The SMILES string of the molecule is CC1(c2ccc(Cl)cc2F)Oc2cccc(-c3cnc(Cc4nc5ccc(C(=O)O)cc5n4C[C@@H]4CCO4)nc3)c2O1. The maximum absolute atomic E-state index is 14.8. The van der Waals surface area contributed by atoms with Gasteiger partial charge in [0.2, 0.25) is 0 Å². The van der Waals surface area contributed by atoms with E-state index in [-0.39, 0.29) is 22.3 Å². The molecule has 0 aliphatic carbocycles. The molecule has 5 aromatic rings. The molecule has 1 fully saturated rings. The summed E-state index contributed by atoms with van der Waals surface area (Å²) in [5.41, 5.74) is 3.25. The fourth-order valence-corrected chi connectivity index (χ4v) is 5.48. The number of carbonyl (C=O) groups is 1. The molecule has 0 radical (unpaired) electrons. The van der Waals surface area contributed by atoms with Crippen LogP contribution in [-0.2, 0) is 23.5 Å². The van der Waals surface area contributed by atoms with Gasteiger partial charge < -0.3 is 23.9 Å². The zero-order chi connectivity index (χ0) is 29.0. The molecule has 2 aromatic heterocycles. The summed E-state index contributed by atoms with van der Waals surface area (Å²) in [5, 5.41) is 9.77. The van der Waals surface area contributed by atoms with Gasteiger partial charge in [-0.3, -0.25) is 0 Å². The number of carboxylic acid groups (broad SMARTS) is 1. The minimum absolute atomic E-state index is 0.0485. The topological polar surface area (TPSA) is 109 Å². The Labute approximate surface area is 244 Å². The average Bonchev–Trinajstić information content (AvgIpc) is 3.47. The predicted molar refractivity (Wildman–Crippen MR) is 151 cm³/mol. The Morgan fingerprint density at radius 3 is 2.67 bits per heavy atom. The van der Waals surface area contributed by atoms with Gasteiger partial charge in [0.05, 0.1) is 41.2 Å². The van der Waals surface area contributed by atoms with Crippen LogP contribution < -0.4 is 9.47 Å². The minimum atomic E-state index is -1.38. The molecule has 0 spiro atoms. The Morgan fingerprint density at radius 2 is 1.95 bits per heavy atom. The van der Waals surface area contributed by atoms with Crippen LogP contribution in [0.2, 0.25) is 5.02 Å². The summed E-state index contributed by atoms with van der Waals surface area (Å²) in [6.07, 6.45) is 4.71. The highest BCUT2D eigenvalue weighted by atomic mass is 35.5. The predicted octanol–water partition coefficient (Wildman–Crippen LogP) is 6.01. The normalized spacial score (nSPS) is 19.2. The number of halogens is 2. The standard InChI is InChI=1S/C31H24ClFN4O5/c1-31(22-7-6-19(32)12-23(22)33)41-26-4-2-3-21(29(26)42-31)18-14-34-27(35-15-18)13-28-36-24-8-5-17(30(38)39)11-25(24)37(28)16-20-9-10-40-20/h2-8,11-12,14-15,20H,9-10,13,16H2,1H3,(H,38,39)/t20-,31?/m0/s1. The van der Waals surface area contributed by atoms with E-state index >= 15 is 0 Å². The van der Waals surface area contributed by atoms with E-state index in [0.717, 1.165) is 11.9 Å². The molecule has 42 heavy (non-hydrogen) atoms. The largest absolute Gasteiger partial charge is 0.478 e. The smallest absolute Gasteiger partial charge is 0.335 e. The van der Waals surface area contributed by atoms with E-state index in [4.69, 9.17) is 30.8 Å². The maximum atomic E-state index is 14.8. The van der Waals surface area contributed by atoms with Gasteiger partial charge in [-0.15, -0.1) is 0 Å². The average molecular weight is 587 g/mol. The van der Waals surface area contributed by atoms with Crippen molar-refractivity contribution in [2.24, 2.45) is 0 Å². The van der Waals surface area contributed by atoms with E-state index in [2.05, 4.69) is 9.97 Å². The van der Waals surface area contributed by atoms with E-state index in [0.29, 0.717) is 59.4 Å². The maximum Gasteiger partial charge on any atom is 0.335 e. The molecule has 2 aliphatic heterocycles. The Hall–Kier alpha value is -4.54. The van der Waals surface area contributed by atoms with E-state index in [9.17, 15) is 14.3 Å². The molecular weight excluding hydrogens is 563 g/mol. The van der Waals surface area contributed by atoms with Gasteiger partial charge in [-0.2, -0.15) is 0 Å². The van der Waals surface area contributed by atoms with Crippen LogP contribution in [0.1, 0.15) is 40.9 Å². The van der Waals surface area contributed by atoms with Crippen LogP contribution in [0.15, 0.2) is 67.0 Å². The van der Waals surface area contributed by atoms with Crippen molar-refractivity contribution in [1.82, 2.24) is 19.5 Å². The summed E-state index contributed by atoms with van der Waals surface area (Å²) in [6, 6.07) is 14.7. The number of benzene rings is 3. The number of para-hydroxylation sites is 1. The Kier molecular flexibility index (Phi) is 6.32. The van der Waals surface area contributed by atoms with Gasteiger partial charge >= 0.3 is 5.97 Å². The number of hydrogen-bond acceptors (Lipinski definition) is 7. The lowest BCUT2D eigenvalue weighted by atomic mass is 10.1. The second kappa shape index (κ2) is 10.1. The van der Waals surface area contributed by atoms with Crippen molar-refractivity contribution in [1.29, 1.82) is 0 Å². The number of rotatable bonds is 7. The first kappa shape index (κ1) is 26.4. The summed E-state index contributed by atoms with van der Waals surface area (Å²) in [4.78, 5) is 25.6. The number of nitrogens with zero attached hydrogens (tertiary/aromatic N) is 4. The van der Waals surface area contributed by atoms with Crippen molar-refractivity contribution in [3.63, 3.8) is 0 Å². The summed E-state index contributed by atoms with van der Waals surface area (Å²) in [5.74, 6) is -0.706. The molecule has 2 aliphatic rings. The zero-order valence-corrected chi connectivity index (χ0v) is 23.1. The molecule has 4 heterocycles. The van der Waals surface area contributed by atoms with Gasteiger partial charge in [-0.25, -0.2) is 24.1 Å². The van der Waals surface area contributed by atoms with E-state index in [1.165, 1.54) is 6.07 Å². The summed E-state index contributed by atoms with van der Waals surface area (Å²) < 4.78 is 34.7. The summed E-state index contributed by atoms with van der Waals surface area (Å²) in [7, 11) is 0. The number of ether oxygens (including phenoxy) is 3. The van der Waals surface area contributed by atoms with Gasteiger partial charge in [0.1, 0.15) is 17.5 Å². The molecule has 0 amide bonds. The molecule has 1 unspecified atom stereocenters. The van der Waals surface area contributed by atoms with Crippen molar-refractivity contribution < 1.29 is 28.5 Å².